The second kappa shape index (κ2) is 9.01. The Balaban J connectivity index is 1.85. The largest absolute Gasteiger partial charge is 0.494 e. The van der Waals surface area contributed by atoms with Crippen LogP contribution in [0.15, 0.2) is 23.2 Å². The second-order valence-corrected chi connectivity index (χ2v) is 6.66. The number of halogens is 1. The molecule has 0 radical (unpaired) electrons. The highest BCUT2D eigenvalue weighted by atomic mass is 19.1. The number of benzene rings is 1. The predicted octanol–water partition coefficient (Wildman–Crippen LogP) is 1.61. The number of nitrogens with zero attached hydrogens (tertiary/aromatic N) is 2. The Morgan fingerprint density at radius 2 is 2.04 bits per heavy atom. The molecular formula is C18H29FN4O2. The Morgan fingerprint density at radius 1 is 1.32 bits per heavy atom. The Morgan fingerprint density at radius 3 is 2.64 bits per heavy atom. The second-order valence-electron chi connectivity index (χ2n) is 6.66. The third kappa shape index (κ3) is 5.57. The standard InChI is InChI=1S/C18H29FN4O2/c1-18(2,23-7-9-25-10-8-23)13-22-17(20-3)21-12-14-5-6-16(24-4)15(19)11-14/h5-6,11H,7-10,12-13H2,1-4H3,(H2,20,21,22). The quantitative estimate of drug-likeness (QED) is 0.602. The maximum absolute atomic E-state index is 13.8. The van der Waals surface area contributed by atoms with Crippen molar-refractivity contribution in [3.63, 3.8) is 0 Å². The topological polar surface area (TPSA) is 58.1 Å². The zero-order chi connectivity index (χ0) is 18.3. The first-order chi connectivity index (χ1) is 12.0. The summed E-state index contributed by atoms with van der Waals surface area (Å²) in [7, 11) is 3.18. The van der Waals surface area contributed by atoms with Gasteiger partial charge in [0, 0.05) is 38.8 Å². The van der Waals surface area contributed by atoms with E-state index in [9.17, 15) is 4.39 Å². The van der Waals surface area contributed by atoms with Gasteiger partial charge in [-0.2, -0.15) is 0 Å². The molecule has 7 heteroatoms. The Hall–Kier alpha value is -1.86. The third-order valence-electron chi connectivity index (χ3n) is 4.46. The lowest BCUT2D eigenvalue weighted by Gasteiger charge is -2.41. The number of methoxy groups -OCH3 is 1. The Bertz CT molecular complexity index is 586. The van der Waals surface area contributed by atoms with Crippen LogP contribution in [0, 0.1) is 5.82 Å². The van der Waals surface area contributed by atoms with Crippen LogP contribution in [0.1, 0.15) is 19.4 Å². The fourth-order valence-electron chi connectivity index (χ4n) is 2.81. The molecule has 1 heterocycles. The highest BCUT2D eigenvalue weighted by molar-refractivity contribution is 5.79. The van der Waals surface area contributed by atoms with E-state index in [-0.39, 0.29) is 17.1 Å². The number of ether oxygens (including phenoxy) is 2. The summed E-state index contributed by atoms with van der Waals surface area (Å²) in [5.41, 5.74) is 0.821. The van der Waals surface area contributed by atoms with Gasteiger partial charge in [-0.25, -0.2) is 4.39 Å². The monoisotopic (exact) mass is 352 g/mol. The molecule has 0 aliphatic carbocycles. The van der Waals surface area contributed by atoms with Crippen LogP contribution in [0.4, 0.5) is 4.39 Å². The van der Waals surface area contributed by atoms with Crippen molar-refractivity contribution in [1.82, 2.24) is 15.5 Å². The SMILES string of the molecule is CN=C(NCc1ccc(OC)c(F)c1)NCC(C)(C)N1CCOCC1. The summed E-state index contributed by atoms with van der Waals surface area (Å²) < 4.78 is 24.1. The van der Waals surface area contributed by atoms with Crippen molar-refractivity contribution in [3.05, 3.63) is 29.6 Å². The van der Waals surface area contributed by atoms with Crippen LogP contribution in [-0.4, -0.2) is 63.4 Å². The van der Waals surface area contributed by atoms with E-state index in [4.69, 9.17) is 9.47 Å². The fraction of sp³-hybridized carbons (Fsp3) is 0.611. The zero-order valence-electron chi connectivity index (χ0n) is 15.6. The van der Waals surface area contributed by atoms with Gasteiger partial charge in [0.1, 0.15) is 0 Å². The van der Waals surface area contributed by atoms with Crippen LogP contribution in [-0.2, 0) is 11.3 Å². The van der Waals surface area contributed by atoms with Crippen molar-refractivity contribution in [3.8, 4) is 5.75 Å². The van der Waals surface area contributed by atoms with Gasteiger partial charge in [0.15, 0.2) is 17.5 Å². The minimum Gasteiger partial charge on any atom is -0.494 e. The average Bonchev–Trinajstić information content (AvgIpc) is 2.62. The van der Waals surface area contributed by atoms with Crippen LogP contribution in [0.3, 0.4) is 0 Å². The van der Waals surface area contributed by atoms with Crippen molar-refractivity contribution in [2.45, 2.75) is 25.9 Å². The van der Waals surface area contributed by atoms with Gasteiger partial charge in [-0.3, -0.25) is 9.89 Å². The summed E-state index contributed by atoms with van der Waals surface area (Å²) >= 11 is 0. The van der Waals surface area contributed by atoms with Crippen LogP contribution in [0.2, 0.25) is 0 Å². The molecule has 0 aromatic heterocycles. The maximum Gasteiger partial charge on any atom is 0.191 e. The molecule has 2 N–H and O–H groups in total. The summed E-state index contributed by atoms with van der Waals surface area (Å²) in [6.45, 7) is 9.08. The van der Waals surface area contributed by atoms with Crippen LogP contribution >= 0.6 is 0 Å². The first kappa shape index (κ1) is 19.5. The highest BCUT2D eigenvalue weighted by Crippen LogP contribution is 2.17. The van der Waals surface area contributed by atoms with E-state index in [0.717, 1.165) is 38.4 Å². The van der Waals surface area contributed by atoms with E-state index in [2.05, 4.69) is 34.4 Å². The zero-order valence-corrected chi connectivity index (χ0v) is 15.6. The lowest BCUT2D eigenvalue weighted by molar-refractivity contribution is -0.00834. The van der Waals surface area contributed by atoms with E-state index in [0.29, 0.717) is 12.5 Å². The molecule has 1 fully saturated rings. The van der Waals surface area contributed by atoms with Gasteiger partial charge in [0.05, 0.1) is 20.3 Å². The third-order valence-corrected chi connectivity index (χ3v) is 4.46. The molecule has 1 aliphatic rings. The fourth-order valence-corrected chi connectivity index (χ4v) is 2.81. The maximum atomic E-state index is 13.8. The number of hydrogen-bond acceptors (Lipinski definition) is 4. The van der Waals surface area contributed by atoms with E-state index in [1.165, 1.54) is 13.2 Å². The molecule has 1 saturated heterocycles. The number of rotatable bonds is 6. The summed E-state index contributed by atoms with van der Waals surface area (Å²) in [4.78, 5) is 6.65. The van der Waals surface area contributed by atoms with Gasteiger partial charge in [-0.15, -0.1) is 0 Å². The Kier molecular flexibility index (Phi) is 7.01. The van der Waals surface area contributed by atoms with Crippen molar-refractivity contribution in [2.24, 2.45) is 4.99 Å². The summed E-state index contributed by atoms with van der Waals surface area (Å²) in [6, 6.07) is 4.93. The van der Waals surface area contributed by atoms with Gasteiger partial charge < -0.3 is 20.1 Å². The predicted molar refractivity (Wildman–Crippen MR) is 97.6 cm³/mol. The molecule has 0 amide bonds. The molecule has 0 spiro atoms. The molecule has 0 atom stereocenters. The first-order valence-electron chi connectivity index (χ1n) is 8.56. The minimum atomic E-state index is -0.363. The normalized spacial score (nSPS) is 16.6. The molecule has 25 heavy (non-hydrogen) atoms. The molecule has 2 rings (SSSR count). The summed E-state index contributed by atoms with van der Waals surface area (Å²) in [5.74, 6) is 0.578. The molecule has 0 unspecified atom stereocenters. The lowest BCUT2D eigenvalue weighted by atomic mass is 10.0. The molecule has 1 aromatic carbocycles. The lowest BCUT2D eigenvalue weighted by Crippen LogP contribution is -2.56. The average molecular weight is 352 g/mol. The van der Waals surface area contributed by atoms with Crippen molar-refractivity contribution in [1.29, 1.82) is 0 Å². The number of aliphatic imine (C=N–C) groups is 1. The molecule has 0 saturated carbocycles. The van der Waals surface area contributed by atoms with Crippen LogP contribution in [0.5, 0.6) is 5.75 Å². The van der Waals surface area contributed by atoms with Crippen molar-refractivity contribution >= 4 is 5.96 Å². The van der Waals surface area contributed by atoms with Gasteiger partial charge in [0.25, 0.3) is 0 Å². The van der Waals surface area contributed by atoms with Gasteiger partial charge in [-0.05, 0) is 31.5 Å². The van der Waals surface area contributed by atoms with Crippen LogP contribution in [0.25, 0.3) is 0 Å². The van der Waals surface area contributed by atoms with Gasteiger partial charge >= 0.3 is 0 Å². The Labute approximate surface area is 149 Å². The van der Waals surface area contributed by atoms with Crippen LogP contribution < -0.4 is 15.4 Å². The summed E-state index contributed by atoms with van der Waals surface area (Å²) in [6.07, 6.45) is 0. The molecule has 1 aromatic rings. The molecule has 140 valence electrons. The smallest absolute Gasteiger partial charge is 0.191 e. The van der Waals surface area contributed by atoms with E-state index >= 15 is 0 Å². The number of guanidine groups is 1. The highest BCUT2D eigenvalue weighted by Gasteiger charge is 2.28. The number of hydrogen-bond donors (Lipinski definition) is 2. The van der Waals surface area contributed by atoms with Crippen molar-refractivity contribution < 1.29 is 13.9 Å². The van der Waals surface area contributed by atoms with Gasteiger partial charge in [-0.1, -0.05) is 6.07 Å². The number of morpholine rings is 1. The van der Waals surface area contributed by atoms with E-state index in [1.54, 1.807) is 13.1 Å². The number of nitrogens with one attached hydrogen (secondary N) is 2. The molecule has 1 aliphatic heterocycles. The van der Waals surface area contributed by atoms with Crippen molar-refractivity contribution in [2.75, 3.05) is 47.0 Å². The molecular weight excluding hydrogens is 323 g/mol. The first-order valence-corrected chi connectivity index (χ1v) is 8.56. The molecule has 0 bridgehead atoms. The minimum absolute atomic E-state index is 0.00633. The van der Waals surface area contributed by atoms with E-state index in [1.807, 2.05) is 6.07 Å². The van der Waals surface area contributed by atoms with E-state index < -0.39 is 0 Å². The van der Waals surface area contributed by atoms with Gasteiger partial charge in [0.2, 0.25) is 0 Å². The summed E-state index contributed by atoms with van der Waals surface area (Å²) in [5, 5.41) is 6.57. The molecule has 6 nitrogen and oxygen atoms in total.